The van der Waals surface area contributed by atoms with Crippen LogP contribution in [-0.4, -0.2) is 55.3 Å². The molecule has 0 aliphatic carbocycles. The number of nitrogens with zero attached hydrogens (tertiary/aromatic N) is 2. The van der Waals surface area contributed by atoms with E-state index in [1.54, 1.807) is 7.11 Å². The van der Waals surface area contributed by atoms with Crippen molar-refractivity contribution in [3.8, 4) is 5.75 Å². The predicted octanol–water partition coefficient (Wildman–Crippen LogP) is 3.35. The smallest absolute Gasteiger partial charge is 0.240 e. The first-order chi connectivity index (χ1) is 17.2. The molecule has 7 nitrogen and oxygen atoms in total. The van der Waals surface area contributed by atoms with Gasteiger partial charge in [-0.05, 0) is 42.0 Å². The second kappa shape index (κ2) is 10.3. The van der Waals surface area contributed by atoms with Crippen LogP contribution in [0.1, 0.15) is 11.6 Å². The van der Waals surface area contributed by atoms with Gasteiger partial charge in [0, 0.05) is 30.4 Å². The Morgan fingerprint density at radius 2 is 1.54 bits per heavy atom. The van der Waals surface area contributed by atoms with Gasteiger partial charge in [-0.15, -0.1) is 0 Å². The Morgan fingerprint density at radius 1 is 0.943 bits per heavy atom. The third-order valence-corrected chi connectivity index (χ3v) is 6.66. The SMILES string of the molecule is COc1ccc(C(CNC(=O)Cn2c3ccccc3c(=O)c3ccccc32)N2CCOCC2)cc1. The molecule has 0 spiro atoms. The maximum atomic E-state index is 13.2. The molecule has 0 saturated carbocycles. The molecule has 1 atom stereocenters. The van der Waals surface area contributed by atoms with Gasteiger partial charge in [0.15, 0.2) is 5.43 Å². The number of morpholine rings is 1. The molecule has 1 aliphatic rings. The number of hydrogen-bond acceptors (Lipinski definition) is 5. The summed E-state index contributed by atoms with van der Waals surface area (Å²) in [6, 6.07) is 22.9. The van der Waals surface area contributed by atoms with E-state index >= 15 is 0 Å². The molecular formula is C28H29N3O4. The van der Waals surface area contributed by atoms with Crippen molar-refractivity contribution in [1.82, 2.24) is 14.8 Å². The highest BCUT2D eigenvalue weighted by Gasteiger charge is 2.23. The Balaban J connectivity index is 1.40. The van der Waals surface area contributed by atoms with E-state index in [0.29, 0.717) is 30.5 Å². The maximum Gasteiger partial charge on any atom is 0.240 e. The molecule has 1 aliphatic heterocycles. The number of carbonyl (C=O) groups is 1. The van der Waals surface area contributed by atoms with E-state index in [0.717, 1.165) is 35.4 Å². The van der Waals surface area contributed by atoms with Crippen LogP contribution in [0.5, 0.6) is 5.75 Å². The Kier molecular flexibility index (Phi) is 6.79. The molecular weight excluding hydrogens is 442 g/mol. The monoisotopic (exact) mass is 471 g/mol. The fourth-order valence-electron chi connectivity index (χ4n) is 4.83. The lowest BCUT2D eigenvalue weighted by molar-refractivity contribution is -0.121. The van der Waals surface area contributed by atoms with Crippen molar-refractivity contribution in [2.75, 3.05) is 40.0 Å². The zero-order valence-electron chi connectivity index (χ0n) is 19.8. The molecule has 180 valence electrons. The van der Waals surface area contributed by atoms with Crippen molar-refractivity contribution in [2.45, 2.75) is 12.6 Å². The third kappa shape index (κ3) is 4.78. The molecule has 0 bridgehead atoms. The largest absolute Gasteiger partial charge is 0.497 e. The molecule has 5 rings (SSSR count). The fraction of sp³-hybridized carbons (Fsp3) is 0.286. The van der Waals surface area contributed by atoms with E-state index in [4.69, 9.17) is 9.47 Å². The first kappa shape index (κ1) is 23.1. The van der Waals surface area contributed by atoms with Crippen LogP contribution in [-0.2, 0) is 16.1 Å². The summed E-state index contributed by atoms with van der Waals surface area (Å²) in [6.45, 7) is 3.57. The third-order valence-electron chi connectivity index (χ3n) is 6.66. The van der Waals surface area contributed by atoms with Crippen molar-refractivity contribution < 1.29 is 14.3 Å². The van der Waals surface area contributed by atoms with Crippen LogP contribution in [0.25, 0.3) is 21.8 Å². The van der Waals surface area contributed by atoms with Gasteiger partial charge < -0.3 is 19.4 Å². The highest BCUT2D eigenvalue weighted by atomic mass is 16.5. The minimum atomic E-state index is -0.101. The van der Waals surface area contributed by atoms with Crippen molar-refractivity contribution in [1.29, 1.82) is 0 Å². The topological polar surface area (TPSA) is 72.8 Å². The average Bonchev–Trinajstić information content (AvgIpc) is 2.92. The minimum Gasteiger partial charge on any atom is -0.497 e. The lowest BCUT2D eigenvalue weighted by Crippen LogP contribution is -2.44. The average molecular weight is 472 g/mol. The predicted molar refractivity (Wildman–Crippen MR) is 137 cm³/mol. The summed E-state index contributed by atoms with van der Waals surface area (Å²) >= 11 is 0. The Labute approximate surface area is 203 Å². The van der Waals surface area contributed by atoms with Crippen LogP contribution >= 0.6 is 0 Å². The number of rotatable bonds is 7. The zero-order valence-corrected chi connectivity index (χ0v) is 19.8. The Bertz CT molecular complexity index is 1330. The number of nitrogens with one attached hydrogen (secondary N) is 1. The molecule has 3 aromatic carbocycles. The number of benzene rings is 3. The van der Waals surface area contributed by atoms with Crippen LogP contribution in [0.3, 0.4) is 0 Å². The van der Waals surface area contributed by atoms with Crippen LogP contribution in [0.15, 0.2) is 77.6 Å². The van der Waals surface area contributed by atoms with Crippen molar-refractivity contribution >= 4 is 27.7 Å². The number of fused-ring (bicyclic) bond motifs is 2. The van der Waals surface area contributed by atoms with Gasteiger partial charge in [-0.25, -0.2) is 0 Å². The standard InChI is InChI=1S/C28H29N3O4/c1-34-21-12-10-20(11-13-21)26(30-14-16-35-17-15-30)18-29-27(32)19-31-24-8-4-2-6-22(24)28(33)23-7-3-5-9-25(23)31/h2-13,26H,14-19H2,1H3,(H,29,32). The van der Waals surface area contributed by atoms with Gasteiger partial charge in [-0.3, -0.25) is 14.5 Å². The van der Waals surface area contributed by atoms with Gasteiger partial charge in [0.25, 0.3) is 0 Å². The van der Waals surface area contributed by atoms with Crippen molar-refractivity contribution in [3.63, 3.8) is 0 Å². The van der Waals surface area contributed by atoms with Crippen LogP contribution in [0.4, 0.5) is 0 Å². The highest BCUT2D eigenvalue weighted by Crippen LogP contribution is 2.24. The summed E-state index contributed by atoms with van der Waals surface area (Å²) in [4.78, 5) is 28.6. The van der Waals surface area contributed by atoms with Gasteiger partial charge in [-0.1, -0.05) is 36.4 Å². The van der Waals surface area contributed by atoms with E-state index in [1.807, 2.05) is 77.4 Å². The number of para-hydroxylation sites is 2. The number of pyridine rings is 1. The summed E-state index contributed by atoms with van der Waals surface area (Å²) in [7, 11) is 1.65. The first-order valence-corrected chi connectivity index (χ1v) is 11.9. The second-order valence-corrected chi connectivity index (χ2v) is 8.69. The molecule has 1 unspecified atom stereocenters. The molecule has 7 heteroatoms. The normalized spacial score (nSPS) is 15.2. The van der Waals surface area contributed by atoms with E-state index in [1.165, 1.54) is 0 Å². The maximum absolute atomic E-state index is 13.2. The van der Waals surface area contributed by atoms with E-state index in [-0.39, 0.29) is 23.9 Å². The molecule has 1 amide bonds. The molecule has 1 N–H and O–H groups in total. The summed E-state index contributed by atoms with van der Waals surface area (Å²) in [5.41, 5.74) is 2.62. The van der Waals surface area contributed by atoms with E-state index in [9.17, 15) is 9.59 Å². The van der Waals surface area contributed by atoms with Crippen LogP contribution in [0, 0.1) is 0 Å². The van der Waals surface area contributed by atoms with Gasteiger partial charge in [0.05, 0.1) is 37.4 Å². The number of hydrogen-bond donors (Lipinski definition) is 1. The van der Waals surface area contributed by atoms with Crippen LogP contribution < -0.4 is 15.5 Å². The number of carbonyl (C=O) groups excluding carboxylic acids is 1. The van der Waals surface area contributed by atoms with E-state index < -0.39 is 0 Å². The van der Waals surface area contributed by atoms with Crippen LogP contribution in [0.2, 0.25) is 0 Å². The Hall–Kier alpha value is -3.68. The summed E-state index contributed by atoms with van der Waals surface area (Å²) in [6.07, 6.45) is 0. The highest BCUT2D eigenvalue weighted by molar-refractivity contribution is 5.94. The Morgan fingerprint density at radius 3 is 2.14 bits per heavy atom. The number of ether oxygens (including phenoxy) is 2. The number of aromatic nitrogens is 1. The molecule has 4 aromatic rings. The number of methoxy groups -OCH3 is 1. The lowest BCUT2D eigenvalue weighted by Gasteiger charge is -2.35. The quantitative estimate of drug-likeness (QED) is 0.419. The lowest BCUT2D eigenvalue weighted by atomic mass is 10.0. The van der Waals surface area contributed by atoms with Crippen molar-refractivity contribution in [2.24, 2.45) is 0 Å². The molecule has 1 saturated heterocycles. The summed E-state index contributed by atoms with van der Waals surface area (Å²) in [5.74, 6) is 0.700. The number of amides is 1. The minimum absolute atomic E-state index is 0.0141. The summed E-state index contributed by atoms with van der Waals surface area (Å²) in [5, 5.41) is 4.38. The van der Waals surface area contributed by atoms with E-state index in [2.05, 4.69) is 10.2 Å². The molecule has 0 radical (unpaired) electrons. The molecule has 2 heterocycles. The van der Waals surface area contributed by atoms with Gasteiger partial charge in [-0.2, -0.15) is 0 Å². The van der Waals surface area contributed by atoms with Gasteiger partial charge in [0.2, 0.25) is 5.91 Å². The summed E-state index contributed by atoms with van der Waals surface area (Å²) < 4.78 is 12.8. The molecule has 35 heavy (non-hydrogen) atoms. The van der Waals surface area contributed by atoms with Crippen molar-refractivity contribution in [3.05, 3.63) is 88.6 Å². The second-order valence-electron chi connectivity index (χ2n) is 8.69. The molecule has 1 aromatic heterocycles. The fourth-order valence-corrected chi connectivity index (χ4v) is 4.83. The first-order valence-electron chi connectivity index (χ1n) is 11.9. The zero-order chi connectivity index (χ0) is 24.2. The van der Waals surface area contributed by atoms with Gasteiger partial charge in [0.1, 0.15) is 12.3 Å². The van der Waals surface area contributed by atoms with Gasteiger partial charge >= 0.3 is 0 Å². The molecule has 1 fully saturated rings.